The van der Waals surface area contributed by atoms with Gasteiger partial charge in [-0.1, -0.05) is 40.8 Å². The van der Waals surface area contributed by atoms with Gasteiger partial charge in [0.15, 0.2) is 10.8 Å². The third-order valence-corrected chi connectivity index (χ3v) is 4.66. The summed E-state index contributed by atoms with van der Waals surface area (Å²) in [5.41, 5.74) is 1.63. The van der Waals surface area contributed by atoms with Gasteiger partial charge >= 0.3 is 0 Å². The van der Waals surface area contributed by atoms with E-state index in [9.17, 15) is 9.18 Å². The number of para-hydroxylation sites is 2. The van der Waals surface area contributed by atoms with Crippen LogP contribution in [0.5, 0.6) is 0 Å². The van der Waals surface area contributed by atoms with E-state index in [1.165, 1.54) is 22.1 Å². The Morgan fingerprint density at radius 1 is 1.16 bits per heavy atom. The number of carbonyl (C=O) groups is 1. The largest absolute Gasteiger partial charge is 0.296 e. The van der Waals surface area contributed by atoms with Crippen LogP contribution in [0.3, 0.4) is 0 Å². The Kier molecular flexibility index (Phi) is 3.73. The summed E-state index contributed by atoms with van der Waals surface area (Å²) in [7, 11) is 0. The molecule has 0 bridgehead atoms. The summed E-state index contributed by atoms with van der Waals surface area (Å²) in [5.74, 6) is -0.868. The van der Waals surface area contributed by atoms with E-state index in [-0.39, 0.29) is 11.4 Å². The second-order valence-electron chi connectivity index (χ2n) is 5.33. The topological polar surface area (TPSA) is 72.7 Å². The molecule has 2 aromatic carbocycles. The van der Waals surface area contributed by atoms with E-state index < -0.39 is 11.7 Å². The van der Waals surface area contributed by atoms with Crippen molar-refractivity contribution in [3.63, 3.8) is 0 Å². The standard InChI is InChI=1S/C17H12FN5OS/c1-10-15(21-22-23(10)13-8-4-2-6-11(13)18)16(24)20-17-19-12-7-3-5-9-14(12)25-17/h2-9H,1H3,(H,19,20,24). The molecule has 4 rings (SSSR count). The molecule has 0 aliphatic heterocycles. The Morgan fingerprint density at radius 3 is 2.72 bits per heavy atom. The molecular weight excluding hydrogens is 341 g/mol. The second-order valence-corrected chi connectivity index (χ2v) is 6.36. The van der Waals surface area contributed by atoms with Crippen LogP contribution in [-0.2, 0) is 0 Å². The normalized spacial score (nSPS) is 11.0. The number of thiazole rings is 1. The molecule has 6 nitrogen and oxygen atoms in total. The highest BCUT2D eigenvalue weighted by molar-refractivity contribution is 7.22. The first-order chi connectivity index (χ1) is 12.1. The lowest BCUT2D eigenvalue weighted by molar-refractivity contribution is 0.102. The van der Waals surface area contributed by atoms with Crippen molar-refractivity contribution in [1.29, 1.82) is 0 Å². The number of aromatic nitrogens is 4. The van der Waals surface area contributed by atoms with Crippen molar-refractivity contribution in [2.24, 2.45) is 0 Å². The van der Waals surface area contributed by atoms with Crippen molar-refractivity contribution >= 4 is 32.6 Å². The average Bonchev–Trinajstić information content (AvgIpc) is 3.18. The molecule has 4 aromatic rings. The monoisotopic (exact) mass is 353 g/mol. The van der Waals surface area contributed by atoms with Crippen LogP contribution in [0.25, 0.3) is 15.9 Å². The molecule has 0 saturated heterocycles. The highest BCUT2D eigenvalue weighted by Gasteiger charge is 2.20. The van der Waals surface area contributed by atoms with E-state index in [0.29, 0.717) is 10.8 Å². The Balaban J connectivity index is 1.64. The zero-order valence-corrected chi connectivity index (χ0v) is 13.9. The quantitative estimate of drug-likeness (QED) is 0.611. The highest BCUT2D eigenvalue weighted by atomic mass is 32.1. The summed E-state index contributed by atoms with van der Waals surface area (Å²) in [5, 5.41) is 11.0. The summed E-state index contributed by atoms with van der Waals surface area (Å²) >= 11 is 1.37. The molecule has 0 spiro atoms. The molecule has 25 heavy (non-hydrogen) atoms. The van der Waals surface area contributed by atoms with Gasteiger partial charge in [-0.15, -0.1) is 5.10 Å². The molecule has 2 heterocycles. The van der Waals surface area contributed by atoms with Crippen LogP contribution in [0.4, 0.5) is 9.52 Å². The maximum absolute atomic E-state index is 13.9. The van der Waals surface area contributed by atoms with Gasteiger partial charge in [0.2, 0.25) is 0 Å². The molecule has 8 heteroatoms. The van der Waals surface area contributed by atoms with Gasteiger partial charge < -0.3 is 0 Å². The van der Waals surface area contributed by atoms with Crippen LogP contribution in [0.1, 0.15) is 16.2 Å². The van der Waals surface area contributed by atoms with Crippen LogP contribution >= 0.6 is 11.3 Å². The summed E-state index contributed by atoms with van der Waals surface area (Å²) in [6.45, 7) is 1.67. The third kappa shape index (κ3) is 2.76. The molecule has 124 valence electrons. The summed E-state index contributed by atoms with van der Waals surface area (Å²) in [6, 6.07) is 13.8. The van der Waals surface area contributed by atoms with Crippen LogP contribution in [0.15, 0.2) is 48.5 Å². The number of fused-ring (bicyclic) bond motifs is 1. The van der Waals surface area contributed by atoms with E-state index in [1.807, 2.05) is 24.3 Å². The van der Waals surface area contributed by atoms with Crippen LogP contribution in [-0.4, -0.2) is 25.9 Å². The van der Waals surface area contributed by atoms with E-state index in [4.69, 9.17) is 0 Å². The molecule has 0 aliphatic rings. The molecular formula is C17H12FN5OS. The number of benzene rings is 2. The minimum Gasteiger partial charge on any atom is -0.296 e. The minimum absolute atomic E-state index is 0.127. The van der Waals surface area contributed by atoms with E-state index in [0.717, 1.165) is 10.2 Å². The van der Waals surface area contributed by atoms with Crippen LogP contribution in [0.2, 0.25) is 0 Å². The number of hydrogen-bond acceptors (Lipinski definition) is 5. The summed E-state index contributed by atoms with van der Waals surface area (Å²) < 4.78 is 16.2. The van der Waals surface area contributed by atoms with Crippen molar-refractivity contribution in [3.8, 4) is 5.69 Å². The van der Waals surface area contributed by atoms with Gasteiger partial charge in [-0.05, 0) is 31.2 Å². The van der Waals surface area contributed by atoms with Crippen LogP contribution < -0.4 is 5.32 Å². The summed E-state index contributed by atoms with van der Waals surface area (Å²) in [6.07, 6.45) is 0. The molecule has 2 aromatic heterocycles. The van der Waals surface area contributed by atoms with Crippen molar-refractivity contribution < 1.29 is 9.18 Å². The molecule has 1 N–H and O–H groups in total. The van der Waals surface area contributed by atoms with Gasteiger partial charge in [-0.3, -0.25) is 10.1 Å². The minimum atomic E-state index is -0.436. The number of halogens is 1. The highest BCUT2D eigenvalue weighted by Crippen LogP contribution is 2.26. The fourth-order valence-electron chi connectivity index (χ4n) is 2.47. The van der Waals surface area contributed by atoms with Gasteiger partial charge in [-0.2, -0.15) is 0 Å². The molecule has 0 fully saturated rings. The zero-order valence-electron chi connectivity index (χ0n) is 13.1. The molecule has 0 atom stereocenters. The smallest absolute Gasteiger partial charge is 0.279 e. The number of rotatable bonds is 3. The maximum atomic E-state index is 13.9. The number of nitrogens with zero attached hydrogens (tertiary/aromatic N) is 4. The van der Waals surface area contributed by atoms with E-state index in [2.05, 4.69) is 20.6 Å². The van der Waals surface area contributed by atoms with Crippen LogP contribution in [0, 0.1) is 12.7 Å². The fourth-order valence-corrected chi connectivity index (χ4v) is 3.33. The molecule has 0 unspecified atom stereocenters. The predicted molar refractivity (Wildman–Crippen MR) is 93.6 cm³/mol. The second kappa shape index (κ2) is 6.06. The van der Waals surface area contributed by atoms with Crippen molar-refractivity contribution in [1.82, 2.24) is 20.0 Å². The fraction of sp³-hybridized carbons (Fsp3) is 0.0588. The maximum Gasteiger partial charge on any atom is 0.279 e. The Morgan fingerprint density at radius 2 is 1.92 bits per heavy atom. The predicted octanol–water partition coefficient (Wildman–Crippen LogP) is 3.58. The SMILES string of the molecule is Cc1c(C(=O)Nc2nc3ccccc3s2)nnn1-c1ccccc1F. The lowest BCUT2D eigenvalue weighted by Crippen LogP contribution is -2.14. The Hall–Kier alpha value is -3.13. The van der Waals surface area contributed by atoms with Crippen molar-refractivity contribution in [3.05, 3.63) is 65.7 Å². The van der Waals surface area contributed by atoms with E-state index >= 15 is 0 Å². The number of anilines is 1. The van der Waals surface area contributed by atoms with Gasteiger partial charge in [0, 0.05) is 0 Å². The molecule has 1 amide bonds. The van der Waals surface area contributed by atoms with Gasteiger partial charge in [-0.25, -0.2) is 14.1 Å². The molecule has 0 saturated carbocycles. The third-order valence-electron chi connectivity index (χ3n) is 3.70. The molecule has 0 aliphatic carbocycles. The number of amides is 1. The number of hydrogen-bond donors (Lipinski definition) is 1. The summed E-state index contributed by atoms with van der Waals surface area (Å²) in [4.78, 5) is 16.8. The van der Waals surface area contributed by atoms with Gasteiger partial charge in [0.1, 0.15) is 11.5 Å². The number of nitrogens with one attached hydrogen (secondary N) is 1. The van der Waals surface area contributed by atoms with Gasteiger partial charge in [0.25, 0.3) is 5.91 Å². The average molecular weight is 353 g/mol. The first-order valence-electron chi connectivity index (χ1n) is 7.47. The Bertz CT molecular complexity index is 1050. The molecule has 0 radical (unpaired) electrons. The lowest BCUT2D eigenvalue weighted by atomic mass is 10.2. The van der Waals surface area contributed by atoms with Gasteiger partial charge in [0.05, 0.1) is 15.9 Å². The Labute approximate surface area is 145 Å². The number of carbonyl (C=O) groups excluding carboxylic acids is 1. The van der Waals surface area contributed by atoms with E-state index in [1.54, 1.807) is 25.1 Å². The first kappa shape index (κ1) is 15.4. The zero-order chi connectivity index (χ0) is 17.4. The van der Waals surface area contributed by atoms with Crippen molar-refractivity contribution in [2.75, 3.05) is 5.32 Å². The first-order valence-corrected chi connectivity index (χ1v) is 8.29. The lowest BCUT2D eigenvalue weighted by Gasteiger charge is -2.04. The van der Waals surface area contributed by atoms with Crippen molar-refractivity contribution in [2.45, 2.75) is 6.92 Å².